The van der Waals surface area contributed by atoms with Gasteiger partial charge in [0.25, 0.3) is 0 Å². The number of benzene rings is 3. The van der Waals surface area contributed by atoms with Gasteiger partial charge in [0.15, 0.2) is 0 Å². The van der Waals surface area contributed by atoms with Gasteiger partial charge in [0.05, 0.1) is 11.2 Å². The zero-order chi connectivity index (χ0) is 15.8. The van der Waals surface area contributed by atoms with Gasteiger partial charge >= 0.3 is 0 Å². The van der Waals surface area contributed by atoms with Crippen LogP contribution in [0.1, 0.15) is 5.56 Å². The Balaban J connectivity index is 2.08. The van der Waals surface area contributed by atoms with Crippen molar-refractivity contribution in [2.24, 2.45) is 0 Å². The number of anilines is 1. The number of hydrogen-bond acceptors (Lipinski definition) is 3. The van der Waals surface area contributed by atoms with Gasteiger partial charge in [0.1, 0.15) is 6.33 Å². The number of hydrogen-bond donors (Lipinski definition) is 1. The number of fused-ring (bicyclic) bond motifs is 2. The fourth-order valence-corrected chi connectivity index (χ4v) is 2.85. The van der Waals surface area contributed by atoms with Crippen LogP contribution in [0.3, 0.4) is 0 Å². The van der Waals surface area contributed by atoms with Crippen LogP contribution in [-0.2, 0) is 0 Å². The molecule has 0 amide bonds. The molecule has 4 rings (SSSR count). The van der Waals surface area contributed by atoms with Crippen LogP contribution in [0.2, 0.25) is 0 Å². The van der Waals surface area contributed by atoms with Gasteiger partial charge in [-0.3, -0.25) is 0 Å². The Hall–Kier alpha value is -3.38. The average molecular weight is 295 g/mol. The van der Waals surface area contributed by atoms with Crippen molar-refractivity contribution in [3.63, 3.8) is 0 Å². The van der Waals surface area contributed by atoms with E-state index >= 15 is 0 Å². The van der Waals surface area contributed by atoms with E-state index < -0.39 is 0 Å². The first-order chi connectivity index (χ1) is 11.3. The van der Waals surface area contributed by atoms with Crippen LogP contribution in [0.25, 0.3) is 32.9 Å². The molecule has 2 N–H and O–H groups in total. The molecule has 0 spiro atoms. The number of rotatable bonds is 1. The van der Waals surface area contributed by atoms with Crippen molar-refractivity contribution in [3.8, 4) is 23.6 Å². The van der Waals surface area contributed by atoms with E-state index in [1.807, 2.05) is 24.3 Å². The van der Waals surface area contributed by atoms with Gasteiger partial charge in [-0.15, -0.1) is 6.42 Å². The minimum absolute atomic E-state index is 0.644. The predicted molar refractivity (Wildman–Crippen MR) is 94.8 cm³/mol. The fraction of sp³-hybridized carbons (Fsp3) is 0. The Morgan fingerprint density at radius 3 is 2.48 bits per heavy atom. The third-order valence-corrected chi connectivity index (χ3v) is 3.96. The predicted octanol–water partition coefficient (Wildman–Crippen LogP) is 4.01. The number of aromatic nitrogens is 2. The van der Waals surface area contributed by atoms with Crippen molar-refractivity contribution in [1.82, 2.24) is 9.97 Å². The molecule has 0 saturated heterocycles. The summed E-state index contributed by atoms with van der Waals surface area (Å²) in [6, 6.07) is 17.9. The molecule has 1 aromatic heterocycles. The van der Waals surface area contributed by atoms with E-state index in [0.29, 0.717) is 5.69 Å². The molecule has 0 saturated carbocycles. The minimum Gasteiger partial charge on any atom is -0.399 e. The van der Waals surface area contributed by atoms with E-state index in [1.165, 1.54) is 0 Å². The molecule has 0 radical (unpaired) electrons. The summed E-state index contributed by atoms with van der Waals surface area (Å²) < 4.78 is 0. The molecule has 3 aromatic carbocycles. The second-order valence-electron chi connectivity index (χ2n) is 5.39. The highest BCUT2D eigenvalue weighted by molar-refractivity contribution is 6.02. The summed E-state index contributed by atoms with van der Waals surface area (Å²) in [6.45, 7) is 0. The lowest BCUT2D eigenvalue weighted by molar-refractivity contribution is 1.23. The summed E-state index contributed by atoms with van der Waals surface area (Å²) >= 11 is 0. The molecule has 108 valence electrons. The van der Waals surface area contributed by atoms with Crippen LogP contribution in [-0.4, -0.2) is 9.97 Å². The lowest BCUT2D eigenvalue weighted by atomic mass is 9.99. The van der Waals surface area contributed by atoms with Crippen molar-refractivity contribution in [2.45, 2.75) is 0 Å². The highest BCUT2D eigenvalue weighted by atomic mass is 14.8. The maximum Gasteiger partial charge on any atom is 0.116 e. The first-order valence-electron chi connectivity index (χ1n) is 7.26. The molecule has 0 bridgehead atoms. The molecule has 0 fully saturated rings. The third-order valence-electron chi connectivity index (χ3n) is 3.96. The normalized spacial score (nSPS) is 10.7. The molecular weight excluding hydrogens is 282 g/mol. The van der Waals surface area contributed by atoms with Gasteiger partial charge in [0, 0.05) is 22.2 Å². The highest BCUT2D eigenvalue weighted by Gasteiger charge is 2.11. The molecule has 4 aromatic rings. The number of nitrogens with two attached hydrogens (primary N) is 1. The van der Waals surface area contributed by atoms with Gasteiger partial charge < -0.3 is 5.73 Å². The smallest absolute Gasteiger partial charge is 0.116 e. The van der Waals surface area contributed by atoms with E-state index in [4.69, 9.17) is 12.2 Å². The zero-order valence-corrected chi connectivity index (χ0v) is 12.3. The molecule has 0 atom stereocenters. The van der Waals surface area contributed by atoms with Crippen LogP contribution < -0.4 is 5.73 Å². The molecule has 0 aliphatic carbocycles. The maximum absolute atomic E-state index is 5.84. The quantitative estimate of drug-likeness (QED) is 0.328. The van der Waals surface area contributed by atoms with E-state index in [0.717, 1.165) is 38.5 Å². The van der Waals surface area contributed by atoms with E-state index in [9.17, 15) is 0 Å². The molecule has 0 aliphatic heterocycles. The van der Waals surface area contributed by atoms with Crippen LogP contribution in [0.15, 0.2) is 60.9 Å². The largest absolute Gasteiger partial charge is 0.399 e. The van der Waals surface area contributed by atoms with Crippen molar-refractivity contribution in [1.29, 1.82) is 0 Å². The molecular formula is C20H13N3. The highest BCUT2D eigenvalue weighted by Crippen LogP contribution is 2.31. The van der Waals surface area contributed by atoms with Crippen LogP contribution in [0.5, 0.6) is 0 Å². The van der Waals surface area contributed by atoms with Crippen molar-refractivity contribution in [2.75, 3.05) is 5.73 Å². The average Bonchev–Trinajstić information content (AvgIpc) is 2.59. The molecule has 3 nitrogen and oxygen atoms in total. The lowest BCUT2D eigenvalue weighted by Crippen LogP contribution is -1.94. The minimum atomic E-state index is 0.644. The Bertz CT molecular complexity index is 1090. The summed E-state index contributed by atoms with van der Waals surface area (Å²) in [5, 5.41) is 3.28. The molecule has 23 heavy (non-hydrogen) atoms. The van der Waals surface area contributed by atoms with Crippen LogP contribution in [0.4, 0.5) is 5.69 Å². The van der Waals surface area contributed by atoms with Crippen molar-refractivity contribution >= 4 is 27.4 Å². The molecule has 1 heterocycles. The van der Waals surface area contributed by atoms with E-state index in [-0.39, 0.29) is 0 Å². The standard InChI is InChI=1S/C20H13N3/c1-2-13-9-16(21)7-8-17(13)20-18-10-14-5-3-4-6-15(14)11-19(18)22-12-23-20/h1,3-12H,21H2. The first kappa shape index (κ1) is 13.3. The van der Waals surface area contributed by atoms with Crippen molar-refractivity contribution < 1.29 is 0 Å². The molecule has 0 aliphatic rings. The van der Waals surface area contributed by atoms with Gasteiger partial charge in [-0.2, -0.15) is 0 Å². The molecule has 3 heteroatoms. The zero-order valence-electron chi connectivity index (χ0n) is 12.3. The maximum atomic E-state index is 5.84. The Morgan fingerprint density at radius 1 is 0.913 bits per heavy atom. The van der Waals surface area contributed by atoms with Gasteiger partial charge in [-0.05, 0) is 41.1 Å². The summed E-state index contributed by atoms with van der Waals surface area (Å²) in [7, 11) is 0. The van der Waals surface area contributed by atoms with Gasteiger partial charge in [0.2, 0.25) is 0 Å². The Morgan fingerprint density at radius 2 is 1.70 bits per heavy atom. The number of nitrogen functional groups attached to an aromatic ring is 1. The van der Waals surface area contributed by atoms with Gasteiger partial charge in [-0.25, -0.2) is 9.97 Å². The van der Waals surface area contributed by atoms with Crippen LogP contribution in [0, 0.1) is 12.3 Å². The monoisotopic (exact) mass is 295 g/mol. The number of nitrogens with zero attached hydrogens (tertiary/aromatic N) is 2. The topological polar surface area (TPSA) is 51.8 Å². The summed E-state index contributed by atoms with van der Waals surface area (Å²) in [6.07, 6.45) is 7.22. The summed E-state index contributed by atoms with van der Waals surface area (Å²) in [5.41, 5.74) is 9.84. The van der Waals surface area contributed by atoms with E-state index in [2.05, 4.69) is 40.2 Å². The Kier molecular flexibility index (Phi) is 2.96. The second kappa shape index (κ2) is 5.11. The second-order valence-corrected chi connectivity index (χ2v) is 5.39. The summed E-state index contributed by atoms with van der Waals surface area (Å²) in [5.74, 6) is 2.70. The van der Waals surface area contributed by atoms with Crippen LogP contribution >= 0.6 is 0 Å². The fourth-order valence-electron chi connectivity index (χ4n) is 2.85. The number of terminal acetylenes is 1. The van der Waals surface area contributed by atoms with Crippen molar-refractivity contribution in [3.05, 3.63) is 66.5 Å². The van der Waals surface area contributed by atoms with E-state index in [1.54, 1.807) is 12.4 Å². The summed E-state index contributed by atoms with van der Waals surface area (Å²) in [4.78, 5) is 8.88. The SMILES string of the molecule is C#Cc1cc(N)ccc1-c1ncnc2cc3ccccc3cc12. The molecule has 0 unspecified atom stereocenters. The Labute approximate surface area is 133 Å². The van der Waals surface area contributed by atoms with Gasteiger partial charge in [-0.1, -0.05) is 30.2 Å². The lowest BCUT2D eigenvalue weighted by Gasteiger charge is -2.09. The first-order valence-corrected chi connectivity index (χ1v) is 7.26. The third kappa shape index (κ3) is 2.18.